The standard InChI is InChI=1S/C20H29N5O2/c1-16-14-17(2)25(23-16)9-3-8-21-20(26)22-15-18-4-6-19(7-5-18)24-10-12-27-13-11-24/h4-7,14H,3,8-13,15H2,1-2H3,(H2,21,22,26). The van der Waals surface area contributed by atoms with Crippen LogP contribution in [0.15, 0.2) is 30.3 Å². The van der Waals surface area contributed by atoms with E-state index in [2.05, 4.69) is 51.0 Å². The van der Waals surface area contributed by atoms with Crippen LogP contribution in [0.3, 0.4) is 0 Å². The number of hydrogen-bond acceptors (Lipinski definition) is 4. The van der Waals surface area contributed by atoms with Crippen molar-refractivity contribution in [1.29, 1.82) is 0 Å². The van der Waals surface area contributed by atoms with Gasteiger partial charge >= 0.3 is 6.03 Å². The van der Waals surface area contributed by atoms with Gasteiger partial charge in [0.1, 0.15) is 0 Å². The quantitative estimate of drug-likeness (QED) is 0.732. The minimum absolute atomic E-state index is 0.138. The molecule has 27 heavy (non-hydrogen) atoms. The number of amides is 2. The van der Waals surface area contributed by atoms with E-state index < -0.39 is 0 Å². The second kappa shape index (κ2) is 9.41. The number of benzene rings is 1. The Morgan fingerprint density at radius 3 is 2.56 bits per heavy atom. The van der Waals surface area contributed by atoms with Gasteiger partial charge in [-0.1, -0.05) is 12.1 Å². The first-order chi connectivity index (χ1) is 13.1. The van der Waals surface area contributed by atoms with Gasteiger partial charge in [0.05, 0.1) is 18.9 Å². The predicted octanol–water partition coefficient (Wildman–Crippen LogP) is 2.23. The van der Waals surface area contributed by atoms with Crippen LogP contribution in [0.4, 0.5) is 10.5 Å². The molecule has 146 valence electrons. The van der Waals surface area contributed by atoms with Crippen LogP contribution in [0.2, 0.25) is 0 Å². The van der Waals surface area contributed by atoms with Gasteiger partial charge in [-0.15, -0.1) is 0 Å². The van der Waals surface area contributed by atoms with E-state index >= 15 is 0 Å². The Hall–Kier alpha value is -2.54. The fourth-order valence-electron chi connectivity index (χ4n) is 3.22. The molecule has 1 fully saturated rings. The maximum Gasteiger partial charge on any atom is 0.315 e. The highest BCUT2D eigenvalue weighted by Crippen LogP contribution is 2.16. The van der Waals surface area contributed by atoms with Crippen molar-refractivity contribution in [1.82, 2.24) is 20.4 Å². The SMILES string of the molecule is Cc1cc(C)n(CCCNC(=O)NCc2ccc(N3CCOCC3)cc2)n1. The number of carbonyl (C=O) groups excluding carboxylic acids is 1. The second-order valence-corrected chi connectivity index (χ2v) is 6.88. The highest BCUT2D eigenvalue weighted by Gasteiger charge is 2.10. The summed E-state index contributed by atoms with van der Waals surface area (Å²) in [5.74, 6) is 0. The third-order valence-corrected chi connectivity index (χ3v) is 4.70. The van der Waals surface area contributed by atoms with Crippen molar-refractivity contribution in [3.63, 3.8) is 0 Å². The number of aryl methyl sites for hydroxylation is 3. The van der Waals surface area contributed by atoms with Gasteiger partial charge in [0, 0.05) is 44.1 Å². The van der Waals surface area contributed by atoms with Gasteiger partial charge in [0.25, 0.3) is 0 Å². The molecule has 0 bridgehead atoms. The van der Waals surface area contributed by atoms with Gasteiger partial charge in [0.2, 0.25) is 0 Å². The summed E-state index contributed by atoms with van der Waals surface area (Å²) >= 11 is 0. The van der Waals surface area contributed by atoms with E-state index in [0.717, 1.165) is 56.2 Å². The number of nitrogens with one attached hydrogen (secondary N) is 2. The molecule has 1 saturated heterocycles. The molecule has 0 saturated carbocycles. The van der Waals surface area contributed by atoms with Gasteiger partial charge in [-0.2, -0.15) is 5.10 Å². The molecule has 7 nitrogen and oxygen atoms in total. The van der Waals surface area contributed by atoms with Crippen LogP contribution < -0.4 is 15.5 Å². The van der Waals surface area contributed by atoms with Crippen LogP contribution in [0, 0.1) is 13.8 Å². The molecule has 2 heterocycles. The van der Waals surface area contributed by atoms with Crippen LogP contribution >= 0.6 is 0 Å². The zero-order valence-electron chi connectivity index (χ0n) is 16.2. The second-order valence-electron chi connectivity index (χ2n) is 6.88. The molecule has 1 aromatic heterocycles. The molecule has 2 aromatic rings. The van der Waals surface area contributed by atoms with Crippen LogP contribution in [-0.2, 0) is 17.8 Å². The normalized spacial score (nSPS) is 14.2. The summed E-state index contributed by atoms with van der Waals surface area (Å²) in [7, 11) is 0. The molecule has 0 atom stereocenters. The molecule has 0 unspecified atom stereocenters. The van der Waals surface area contributed by atoms with E-state index in [1.807, 2.05) is 18.5 Å². The Morgan fingerprint density at radius 2 is 1.89 bits per heavy atom. The van der Waals surface area contributed by atoms with E-state index in [1.54, 1.807) is 0 Å². The largest absolute Gasteiger partial charge is 0.378 e. The first-order valence-electron chi connectivity index (χ1n) is 9.56. The Morgan fingerprint density at radius 1 is 1.15 bits per heavy atom. The molecule has 0 aliphatic carbocycles. The minimum Gasteiger partial charge on any atom is -0.378 e. The van der Waals surface area contributed by atoms with Crippen LogP contribution in [0.25, 0.3) is 0 Å². The van der Waals surface area contributed by atoms with E-state index in [1.165, 1.54) is 5.69 Å². The van der Waals surface area contributed by atoms with Crippen molar-refractivity contribution in [2.24, 2.45) is 0 Å². The Labute approximate surface area is 160 Å². The van der Waals surface area contributed by atoms with E-state index in [4.69, 9.17) is 4.74 Å². The molecular weight excluding hydrogens is 342 g/mol. The maximum atomic E-state index is 11.9. The first-order valence-corrected chi connectivity index (χ1v) is 9.56. The molecule has 7 heteroatoms. The molecule has 1 aromatic carbocycles. The summed E-state index contributed by atoms with van der Waals surface area (Å²) in [4.78, 5) is 14.3. The number of rotatable bonds is 7. The predicted molar refractivity (Wildman–Crippen MR) is 106 cm³/mol. The average Bonchev–Trinajstić information content (AvgIpc) is 3.02. The smallest absolute Gasteiger partial charge is 0.315 e. The van der Waals surface area contributed by atoms with Gasteiger partial charge < -0.3 is 20.3 Å². The summed E-state index contributed by atoms with van der Waals surface area (Å²) in [6.07, 6.45) is 0.851. The van der Waals surface area contributed by atoms with Crippen molar-refractivity contribution in [3.8, 4) is 0 Å². The Bertz CT molecular complexity index is 735. The molecule has 0 spiro atoms. The summed E-state index contributed by atoms with van der Waals surface area (Å²) < 4.78 is 7.36. The molecule has 2 N–H and O–H groups in total. The topological polar surface area (TPSA) is 71.4 Å². The van der Waals surface area contributed by atoms with Crippen LogP contribution in [0.1, 0.15) is 23.4 Å². The van der Waals surface area contributed by atoms with E-state index in [0.29, 0.717) is 13.1 Å². The van der Waals surface area contributed by atoms with Gasteiger partial charge in [-0.3, -0.25) is 4.68 Å². The monoisotopic (exact) mass is 371 g/mol. The molecule has 1 aliphatic rings. The molecule has 2 amide bonds. The lowest BCUT2D eigenvalue weighted by Gasteiger charge is -2.28. The van der Waals surface area contributed by atoms with E-state index in [9.17, 15) is 4.79 Å². The van der Waals surface area contributed by atoms with E-state index in [-0.39, 0.29) is 6.03 Å². The lowest BCUT2D eigenvalue weighted by atomic mass is 10.2. The summed E-state index contributed by atoms with van der Waals surface area (Å²) in [5.41, 5.74) is 4.47. The van der Waals surface area contributed by atoms with Crippen molar-refractivity contribution >= 4 is 11.7 Å². The fourth-order valence-corrected chi connectivity index (χ4v) is 3.22. The minimum atomic E-state index is -0.138. The number of ether oxygens (including phenoxy) is 1. The van der Waals surface area contributed by atoms with Crippen LogP contribution in [-0.4, -0.2) is 48.7 Å². The number of anilines is 1. The average molecular weight is 371 g/mol. The zero-order chi connectivity index (χ0) is 19.1. The molecule has 1 aliphatic heterocycles. The Kier molecular flexibility index (Phi) is 6.70. The number of hydrogen-bond donors (Lipinski definition) is 2. The number of aromatic nitrogens is 2. The summed E-state index contributed by atoms with van der Waals surface area (Å²) in [5, 5.41) is 10.2. The molecule has 3 rings (SSSR count). The highest BCUT2D eigenvalue weighted by molar-refractivity contribution is 5.73. The number of nitrogens with zero attached hydrogens (tertiary/aromatic N) is 3. The molecule has 0 radical (unpaired) electrons. The lowest BCUT2D eigenvalue weighted by molar-refractivity contribution is 0.122. The van der Waals surface area contributed by atoms with Gasteiger partial charge in [-0.05, 0) is 44.0 Å². The number of urea groups is 1. The third-order valence-electron chi connectivity index (χ3n) is 4.70. The summed E-state index contributed by atoms with van der Waals surface area (Å²) in [6, 6.07) is 10.3. The first kappa shape index (κ1) is 19.2. The number of morpholine rings is 1. The van der Waals surface area contributed by atoms with Gasteiger partial charge in [-0.25, -0.2) is 4.79 Å². The fraction of sp³-hybridized carbons (Fsp3) is 0.500. The van der Waals surface area contributed by atoms with Crippen molar-refractivity contribution in [2.45, 2.75) is 33.4 Å². The molecular formula is C20H29N5O2. The van der Waals surface area contributed by atoms with Crippen molar-refractivity contribution in [2.75, 3.05) is 37.7 Å². The lowest BCUT2D eigenvalue weighted by Crippen LogP contribution is -2.36. The van der Waals surface area contributed by atoms with Crippen molar-refractivity contribution in [3.05, 3.63) is 47.3 Å². The van der Waals surface area contributed by atoms with Crippen molar-refractivity contribution < 1.29 is 9.53 Å². The highest BCUT2D eigenvalue weighted by atomic mass is 16.5. The van der Waals surface area contributed by atoms with Crippen LogP contribution in [0.5, 0.6) is 0 Å². The van der Waals surface area contributed by atoms with Gasteiger partial charge in [0.15, 0.2) is 0 Å². The summed E-state index contributed by atoms with van der Waals surface area (Å²) in [6.45, 7) is 9.41. The maximum absolute atomic E-state index is 11.9. The third kappa shape index (κ3) is 5.72. The Balaban J connectivity index is 1.34. The zero-order valence-corrected chi connectivity index (χ0v) is 16.2. The number of carbonyl (C=O) groups is 1.